The van der Waals surface area contributed by atoms with E-state index in [0.29, 0.717) is 10.8 Å². The number of rotatable bonds is 5. The quantitative estimate of drug-likeness (QED) is 0.587. The molecule has 4 atom stereocenters. The van der Waals surface area contributed by atoms with E-state index in [1.54, 1.807) is 0 Å². The van der Waals surface area contributed by atoms with Crippen molar-refractivity contribution in [2.45, 2.75) is 67.2 Å². The van der Waals surface area contributed by atoms with Crippen molar-refractivity contribution in [3.8, 4) is 0 Å². The number of hydrogen-bond acceptors (Lipinski definition) is 0. The van der Waals surface area contributed by atoms with Crippen molar-refractivity contribution in [1.82, 2.24) is 0 Å². The molecule has 1 aliphatic carbocycles. The molecule has 84 valence electrons. The fourth-order valence-corrected chi connectivity index (χ4v) is 3.97. The lowest BCUT2D eigenvalue weighted by Gasteiger charge is -2.27. The molecular weight excluding hydrogens is 168 g/mol. The molecule has 0 radical (unpaired) electrons. The molecule has 0 nitrogen and oxygen atoms in total. The van der Waals surface area contributed by atoms with Gasteiger partial charge in [-0.05, 0) is 29.1 Å². The SMILES string of the molecule is CCCC(CC)C1(C)C(C)C1(C)CC. The largest absolute Gasteiger partial charge is 0.0654 e. The molecule has 1 fully saturated rings. The van der Waals surface area contributed by atoms with Gasteiger partial charge >= 0.3 is 0 Å². The Morgan fingerprint density at radius 2 is 1.71 bits per heavy atom. The first-order valence-corrected chi connectivity index (χ1v) is 6.48. The maximum Gasteiger partial charge on any atom is -0.0210 e. The predicted molar refractivity (Wildman–Crippen MR) is 64.4 cm³/mol. The highest BCUT2D eigenvalue weighted by atomic mass is 14.7. The van der Waals surface area contributed by atoms with Crippen molar-refractivity contribution in [3.63, 3.8) is 0 Å². The van der Waals surface area contributed by atoms with Crippen LogP contribution >= 0.6 is 0 Å². The van der Waals surface area contributed by atoms with Crippen molar-refractivity contribution in [3.05, 3.63) is 0 Å². The van der Waals surface area contributed by atoms with E-state index in [1.807, 2.05) is 0 Å². The molecule has 0 aromatic heterocycles. The van der Waals surface area contributed by atoms with Gasteiger partial charge in [-0.1, -0.05) is 60.8 Å². The summed E-state index contributed by atoms with van der Waals surface area (Å²) in [6.07, 6.45) is 5.49. The zero-order valence-corrected chi connectivity index (χ0v) is 11.0. The first-order chi connectivity index (χ1) is 6.48. The Morgan fingerprint density at radius 3 is 2.00 bits per heavy atom. The lowest BCUT2D eigenvalue weighted by Crippen LogP contribution is -2.18. The maximum absolute atomic E-state index is 2.53. The van der Waals surface area contributed by atoms with Crippen molar-refractivity contribution < 1.29 is 0 Å². The molecule has 0 heteroatoms. The molecular formula is C14H28. The highest BCUT2D eigenvalue weighted by molar-refractivity contribution is 5.16. The van der Waals surface area contributed by atoms with E-state index in [1.165, 1.54) is 25.7 Å². The van der Waals surface area contributed by atoms with E-state index >= 15 is 0 Å². The van der Waals surface area contributed by atoms with Crippen LogP contribution in [0.5, 0.6) is 0 Å². The van der Waals surface area contributed by atoms with E-state index in [-0.39, 0.29) is 0 Å². The van der Waals surface area contributed by atoms with E-state index in [4.69, 9.17) is 0 Å². The van der Waals surface area contributed by atoms with Gasteiger partial charge in [-0.3, -0.25) is 0 Å². The molecule has 0 heterocycles. The first kappa shape index (κ1) is 12.1. The van der Waals surface area contributed by atoms with Gasteiger partial charge in [-0.15, -0.1) is 0 Å². The van der Waals surface area contributed by atoms with Gasteiger partial charge in [0, 0.05) is 0 Å². The molecule has 0 aromatic rings. The average Bonchev–Trinajstić information content (AvgIpc) is 2.63. The maximum atomic E-state index is 2.53. The molecule has 0 spiro atoms. The average molecular weight is 196 g/mol. The Labute approximate surface area is 90.5 Å². The van der Waals surface area contributed by atoms with E-state index in [2.05, 4.69) is 41.5 Å². The highest BCUT2D eigenvalue weighted by Crippen LogP contribution is 2.74. The molecule has 0 aromatic carbocycles. The zero-order chi connectivity index (χ0) is 11.0. The monoisotopic (exact) mass is 196 g/mol. The van der Waals surface area contributed by atoms with Gasteiger partial charge in [0.2, 0.25) is 0 Å². The Kier molecular flexibility index (Phi) is 3.33. The summed E-state index contributed by atoms with van der Waals surface area (Å²) >= 11 is 0. The van der Waals surface area contributed by atoms with Crippen LogP contribution in [-0.4, -0.2) is 0 Å². The smallest absolute Gasteiger partial charge is 0.0210 e. The second kappa shape index (κ2) is 3.87. The van der Waals surface area contributed by atoms with Crippen molar-refractivity contribution in [2.24, 2.45) is 22.7 Å². The first-order valence-electron chi connectivity index (χ1n) is 6.48. The van der Waals surface area contributed by atoms with Crippen molar-refractivity contribution >= 4 is 0 Å². The minimum atomic E-state index is 0.628. The summed E-state index contributed by atoms with van der Waals surface area (Å²) in [5, 5.41) is 0. The molecule has 14 heavy (non-hydrogen) atoms. The third-order valence-corrected chi connectivity index (χ3v) is 5.71. The molecule has 0 N–H and O–H groups in total. The summed E-state index contributed by atoms with van der Waals surface area (Å²) in [7, 11) is 0. The third kappa shape index (κ3) is 1.33. The minimum Gasteiger partial charge on any atom is -0.0654 e. The van der Waals surface area contributed by atoms with Crippen LogP contribution in [0, 0.1) is 22.7 Å². The Hall–Kier alpha value is 0. The summed E-state index contributed by atoms with van der Waals surface area (Å²) < 4.78 is 0. The molecule has 0 saturated heterocycles. The van der Waals surface area contributed by atoms with Gasteiger partial charge in [0.05, 0.1) is 0 Å². The molecule has 1 rings (SSSR count). The normalized spacial score (nSPS) is 43.7. The molecule has 0 aliphatic heterocycles. The van der Waals surface area contributed by atoms with Crippen LogP contribution in [-0.2, 0) is 0 Å². The topological polar surface area (TPSA) is 0 Å². The molecule has 4 unspecified atom stereocenters. The molecule has 1 aliphatic rings. The fraction of sp³-hybridized carbons (Fsp3) is 1.00. The summed E-state index contributed by atoms with van der Waals surface area (Å²) in [6.45, 7) is 14.5. The lowest BCUT2D eigenvalue weighted by molar-refractivity contribution is 0.226. The Bertz CT molecular complexity index is 196. The van der Waals surface area contributed by atoms with Crippen LogP contribution in [0.3, 0.4) is 0 Å². The van der Waals surface area contributed by atoms with Gasteiger partial charge in [0.15, 0.2) is 0 Å². The standard InChI is InChI=1S/C14H28/c1-7-10-12(8-2)14(6)11(4)13(14,5)9-3/h11-12H,7-10H2,1-6H3. The van der Waals surface area contributed by atoms with Crippen LogP contribution in [0.25, 0.3) is 0 Å². The van der Waals surface area contributed by atoms with E-state index in [0.717, 1.165) is 11.8 Å². The fourth-order valence-electron chi connectivity index (χ4n) is 3.97. The molecule has 0 amide bonds. The van der Waals surface area contributed by atoms with Crippen LogP contribution in [0.2, 0.25) is 0 Å². The van der Waals surface area contributed by atoms with Gasteiger partial charge in [0.25, 0.3) is 0 Å². The number of hydrogen-bond donors (Lipinski definition) is 0. The van der Waals surface area contributed by atoms with Gasteiger partial charge in [0.1, 0.15) is 0 Å². The van der Waals surface area contributed by atoms with Crippen LogP contribution in [0.1, 0.15) is 67.2 Å². The van der Waals surface area contributed by atoms with E-state index in [9.17, 15) is 0 Å². The van der Waals surface area contributed by atoms with Crippen LogP contribution in [0.4, 0.5) is 0 Å². The van der Waals surface area contributed by atoms with Gasteiger partial charge in [-0.25, -0.2) is 0 Å². The third-order valence-electron chi connectivity index (χ3n) is 5.71. The Morgan fingerprint density at radius 1 is 1.14 bits per heavy atom. The summed E-state index contributed by atoms with van der Waals surface area (Å²) in [5.41, 5.74) is 1.26. The van der Waals surface area contributed by atoms with Crippen molar-refractivity contribution in [2.75, 3.05) is 0 Å². The van der Waals surface area contributed by atoms with Gasteiger partial charge in [-0.2, -0.15) is 0 Å². The predicted octanol–water partition coefficient (Wildman–Crippen LogP) is 4.89. The van der Waals surface area contributed by atoms with Crippen molar-refractivity contribution in [1.29, 1.82) is 0 Å². The van der Waals surface area contributed by atoms with Crippen LogP contribution in [0.15, 0.2) is 0 Å². The van der Waals surface area contributed by atoms with Crippen LogP contribution < -0.4 is 0 Å². The summed E-state index contributed by atoms with van der Waals surface area (Å²) in [6, 6.07) is 0. The molecule has 0 bridgehead atoms. The Balaban J connectivity index is 2.76. The summed E-state index contributed by atoms with van der Waals surface area (Å²) in [5.74, 6) is 1.88. The highest BCUT2D eigenvalue weighted by Gasteiger charge is 2.68. The van der Waals surface area contributed by atoms with E-state index < -0.39 is 0 Å². The summed E-state index contributed by atoms with van der Waals surface area (Å²) in [4.78, 5) is 0. The molecule has 1 saturated carbocycles. The minimum absolute atomic E-state index is 0.628. The van der Waals surface area contributed by atoms with Gasteiger partial charge < -0.3 is 0 Å². The zero-order valence-electron chi connectivity index (χ0n) is 11.0. The second-order valence-corrected chi connectivity index (χ2v) is 5.67. The second-order valence-electron chi connectivity index (χ2n) is 5.67. The lowest BCUT2D eigenvalue weighted by atomic mass is 9.78.